The van der Waals surface area contributed by atoms with Gasteiger partial charge in [-0.1, -0.05) is 12.1 Å². The summed E-state index contributed by atoms with van der Waals surface area (Å²) in [6, 6.07) is 14.7. The first-order valence-corrected chi connectivity index (χ1v) is 7.52. The lowest BCUT2D eigenvalue weighted by Crippen LogP contribution is -1.97. The minimum absolute atomic E-state index is 0.259. The summed E-state index contributed by atoms with van der Waals surface area (Å²) in [7, 11) is 0. The molecule has 2 aromatic carbocycles. The molecule has 2 rings (SSSR count). The molecule has 0 spiro atoms. The summed E-state index contributed by atoms with van der Waals surface area (Å²) in [4.78, 5) is 11.9. The fourth-order valence-electron chi connectivity index (χ4n) is 1.60. The molecule has 0 aromatic heterocycles. The molecule has 5 heteroatoms. The van der Waals surface area contributed by atoms with Crippen LogP contribution in [0.4, 0.5) is 0 Å². The molecular formula is C15H10BrNO2S. The number of aromatic carboxylic acids is 1. The fourth-order valence-corrected chi connectivity index (χ4v) is 2.91. The first-order valence-electron chi connectivity index (χ1n) is 5.75. The monoisotopic (exact) mass is 347 g/mol. The van der Waals surface area contributed by atoms with Crippen molar-refractivity contribution in [1.29, 1.82) is 5.26 Å². The molecule has 1 N–H and O–H groups in total. The minimum Gasteiger partial charge on any atom is -0.478 e. The SMILES string of the molecule is N#Cc1ccc(CSc2ccc(Br)c(C(=O)O)c2)cc1. The fraction of sp³-hybridized carbons (Fsp3) is 0.0667. The van der Waals surface area contributed by atoms with Gasteiger partial charge in [0, 0.05) is 15.1 Å². The number of carbonyl (C=O) groups is 1. The molecule has 0 radical (unpaired) electrons. The molecule has 0 heterocycles. The zero-order valence-corrected chi connectivity index (χ0v) is 12.7. The van der Waals surface area contributed by atoms with E-state index in [-0.39, 0.29) is 5.56 Å². The van der Waals surface area contributed by atoms with Gasteiger partial charge in [0.25, 0.3) is 0 Å². The average molecular weight is 348 g/mol. The number of thioether (sulfide) groups is 1. The van der Waals surface area contributed by atoms with Crippen molar-refractivity contribution >= 4 is 33.7 Å². The number of halogens is 1. The Morgan fingerprint density at radius 3 is 2.55 bits per heavy atom. The van der Waals surface area contributed by atoms with Crippen LogP contribution in [0.15, 0.2) is 51.8 Å². The number of carboxylic acids is 1. The number of carboxylic acid groups (broad SMARTS) is 1. The summed E-state index contributed by atoms with van der Waals surface area (Å²) in [5, 5.41) is 17.8. The first-order chi connectivity index (χ1) is 9.60. The second-order valence-corrected chi connectivity index (χ2v) is 5.95. The molecule has 20 heavy (non-hydrogen) atoms. The van der Waals surface area contributed by atoms with E-state index >= 15 is 0 Å². The molecule has 0 saturated carbocycles. The summed E-state index contributed by atoms with van der Waals surface area (Å²) in [6.45, 7) is 0. The number of benzene rings is 2. The van der Waals surface area contributed by atoms with Crippen molar-refractivity contribution < 1.29 is 9.90 Å². The second kappa shape index (κ2) is 6.60. The Hall–Kier alpha value is -1.77. The molecule has 0 unspecified atom stereocenters. The van der Waals surface area contributed by atoms with Gasteiger partial charge in [-0.05, 0) is 51.8 Å². The van der Waals surface area contributed by atoms with E-state index in [1.807, 2.05) is 18.2 Å². The van der Waals surface area contributed by atoms with Crippen LogP contribution in [0.25, 0.3) is 0 Å². The van der Waals surface area contributed by atoms with Gasteiger partial charge in [-0.3, -0.25) is 0 Å². The van der Waals surface area contributed by atoms with Gasteiger partial charge in [0.05, 0.1) is 17.2 Å². The molecule has 0 atom stereocenters. The van der Waals surface area contributed by atoms with Crippen LogP contribution in [0.2, 0.25) is 0 Å². The number of nitriles is 1. The number of hydrogen-bond donors (Lipinski definition) is 1. The zero-order valence-electron chi connectivity index (χ0n) is 10.3. The smallest absolute Gasteiger partial charge is 0.336 e. The Balaban J connectivity index is 2.09. The Bertz CT molecular complexity index is 677. The summed E-state index contributed by atoms with van der Waals surface area (Å²) >= 11 is 4.78. The Kier molecular flexibility index (Phi) is 4.83. The van der Waals surface area contributed by atoms with Crippen LogP contribution < -0.4 is 0 Å². The maximum Gasteiger partial charge on any atom is 0.336 e. The number of nitrogens with zero attached hydrogens (tertiary/aromatic N) is 1. The van der Waals surface area contributed by atoms with E-state index in [1.54, 1.807) is 36.0 Å². The molecule has 100 valence electrons. The van der Waals surface area contributed by atoms with E-state index in [0.29, 0.717) is 10.0 Å². The molecule has 0 amide bonds. The minimum atomic E-state index is -0.947. The van der Waals surface area contributed by atoms with Gasteiger partial charge in [0.1, 0.15) is 0 Å². The van der Waals surface area contributed by atoms with Crippen LogP contribution >= 0.6 is 27.7 Å². The van der Waals surface area contributed by atoms with Crippen molar-refractivity contribution in [3.8, 4) is 6.07 Å². The van der Waals surface area contributed by atoms with E-state index in [2.05, 4.69) is 22.0 Å². The van der Waals surface area contributed by atoms with Gasteiger partial charge in [0.2, 0.25) is 0 Å². The summed E-state index contributed by atoms with van der Waals surface area (Å²) < 4.78 is 0.577. The third-order valence-corrected chi connectivity index (χ3v) is 4.41. The Morgan fingerprint density at radius 1 is 1.25 bits per heavy atom. The van der Waals surface area contributed by atoms with E-state index < -0.39 is 5.97 Å². The molecular weight excluding hydrogens is 338 g/mol. The van der Waals surface area contributed by atoms with Crippen LogP contribution in [0.5, 0.6) is 0 Å². The number of hydrogen-bond acceptors (Lipinski definition) is 3. The number of rotatable bonds is 4. The van der Waals surface area contributed by atoms with Gasteiger partial charge in [0.15, 0.2) is 0 Å². The largest absolute Gasteiger partial charge is 0.478 e. The quantitative estimate of drug-likeness (QED) is 0.837. The molecule has 2 aromatic rings. The van der Waals surface area contributed by atoms with Crippen molar-refractivity contribution in [2.45, 2.75) is 10.6 Å². The highest BCUT2D eigenvalue weighted by Crippen LogP contribution is 2.27. The van der Waals surface area contributed by atoms with Crippen LogP contribution in [0, 0.1) is 11.3 Å². The molecule has 0 aliphatic rings. The third kappa shape index (κ3) is 3.62. The maximum absolute atomic E-state index is 11.0. The van der Waals surface area contributed by atoms with Crippen molar-refractivity contribution in [1.82, 2.24) is 0 Å². The van der Waals surface area contributed by atoms with Crippen LogP contribution in [-0.2, 0) is 5.75 Å². The van der Waals surface area contributed by atoms with E-state index in [1.165, 1.54) is 0 Å². The lowest BCUT2D eigenvalue weighted by atomic mass is 10.2. The predicted molar refractivity (Wildman–Crippen MR) is 81.8 cm³/mol. The summed E-state index contributed by atoms with van der Waals surface area (Å²) in [5.74, 6) is -0.218. The van der Waals surface area contributed by atoms with E-state index in [9.17, 15) is 4.79 Å². The standard InChI is InChI=1S/C15H10BrNO2S/c16-14-6-5-12(7-13(14)15(18)19)20-9-11-3-1-10(8-17)2-4-11/h1-7H,9H2,(H,18,19). The Labute approximate surface area is 129 Å². The Morgan fingerprint density at radius 2 is 1.95 bits per heavy atom. The summed E-state index contributed by atoms with van der Waals surface area (Å²) in [5.41, 5.74) is 1.99. The topological polar surface area (TPSA) is 61.1 Å². The normalized spacial score (nSPS) is 10.0. The van der Waals surface area contributed by atoms with E-state index in [4.69, 9.17) is 10.4 Å². The van der Waals surface area contributed by atoms with E-state index in [0.717, 1.165) is 16.2 Å². The lowest BCUT2D eigenvalue weighted by Gasteiger charge is -2.05. The first kappa shape index (κ1) is 14.6. The third-order valence-electron chi connectivity index (χ3n) is 2.66. The van der Waals surface area contributed by atoms with Gasteiger partial charge in [-0.25, -0.2) is 4.79 Å². The van der Waals surface area contributed by atoms with Gasteiger partial charge in [-0.15, -0.1) is 11.8 Å². The van der Waals surface area contributed by atoms with Crippen LogP contribution in [0.3, 0.4) is 0 Å². The second-order valence-electron chi connectivity index (χ2n) is 4.04. The van der Waals surface area contributed by atoms with Crippen molar-refractivity contribution in [3.63, 3.8) is 0 Å². The molecule has 0 aliphatic heterocycles. The molecule has 0 bridgehead atoms. The highest BCUT2D eigenvalue weighted by atomic mass is 79.9. The molecule has 0 aliphatic carbocycles. The van der Waals surface area contributed by atoms with Crippen molar-refractivity contribution in [2.75, 3.05) is 0 Å². The van der Waals surface area contributed by atoms with Gasteiger partial charge < -0.3 is 5.11 Å². The zero-order chi connectivity index (χ0) is 14.5. The average Bonchev–Trinajstić information content (AvgIpc) is 2.46. The molecule has 3 nitrogen and oxygen atoms in total. The lowest BCUT2D eigenvalue weighted by molar-refractivity contribution is 0.0695. The van der Waals surface area contributed by atoms with Gasteiger partial charge >= 0.3 is 5.97 Å². The van der Waals surface area contributed by atoms with Crippen LogP contribution in [-0.4, -0.2) is 11.1 Å². The molecule has 0 saturated heterocycles. The van der Waals surface area contributed by atoms with Crippen molar-refractivity contribution in [3.05, 3.63) is 63.6 Å². The highest BCUT2D eigenvalue weighted by Gasteiger charge is 2.09. The van der Waals surface area contributed by atoms with Gasteiger partial charge in [-0.2, -0.15) is 5.26 Å². The summed E-state index contributed by atoms with van der Waals surface area (Å²) in [6.07, 6.45) is 0. The maximum atomic E-state index is 11.0. The molecule has 0 fully saturated rings. The van der Waals surface area contributed by atoms with Crippen LogP contribution in [0.1, 0.15) is 21.5 Å². The highest BCUT2D eigenvalue weighted by molar-refractivity contribution is 9.10. The predicted octanol–water partition coefficient (Wildman–Crippen LogP) is 4.31. The van der Waals surface area contributed by atoms with Crippen molar-refractivity contribution in [2.24, 2.45) is 0 Å².